The van der Waals surface area contributed by atoms with Gasteiger partial charge in [0.1, 0.15) is 0 Å². The van der Waals surface area contributed by atoms with Crippen LogP contribution in [0.25, 0.3) is 0 Å². The second-order valence-electron chi connectivity index (χ2n) is 4.08. The Kier molecular flexibility index (Phi) is 3.34. The molecule has 1 heterocycles. The molecule has 0 aromatic carbocycles. The van der Waals surface area contributed by atoms with E-state index in [4.69, 9.17) is 5.26 Å². The van der Waals surface area contributed by atoms with E-state index in [0.717, 1.165) is 12.5 Å². The Labute approximate surface area is 94.1 Å². The first-order chi connectivity index (χ1) is 7.29. The molecule has 1 unspecified atom stereocenters. The monoisotopic (exact) mass is 221 g/mol. The number of nitrogens with zero attached hydrogens (tertiary/aromatic N) is 2. The molecule has 0 saturated heterocycles. The summed E-state index contributed by atoms with van der Waals surface area (Å²) in [6.07, 6.45) is 5.15. The average Bonchev–Trinajstić information content (AvgIpc) is 2.96. The van der Waals surface area contributed by atoms with Crippen LogP contribution in [0.3, 0.4) is 0 Å². The number of rotatable bonds is 5. The van der Waals surface area contributed by atoms with Crippen molar-refractivity contribution < 1.29 is 0 Å². The molecule has 0 spiro atoms. The first-order valence-corrected chi connectivity index (χ1v) is 6.16. The van der Waals surface area contributed by atoms with Gasteiger partial charge in [-0.1, -0.05) is 0 Å². The van der Waals surface area contributed by atoms with E-state index in [9.17, 15) is 0 Å². The minimum Gasteiger partial charge on any atom is -0.308 e. The van der Waals surface area contributed by atoms with Gasteiger partial charge in [-0.25, -0.2) is 4.98 Å². The molecule has 0 radical (unpaired) electrons. The van der Waals surface area contributed by atoms with E-state index in [0.29, 0.717) is 6.42 Å². The van der Waals surface area contributed by atoms with E-state index in [1.165, 1.54) is 22.7 Å². The second kappa shape index (κ2) is 4.73. The Morgan fingerprint density at radius 1 is 1.73 bits per heavy atom. The van der Waals surface area contributed by atoms with Gasteiger partial charge in [0.25, 0.3) is 0 Å². The molecule has 1 aromatic rings. The van der Waals surface area contributed by atoms with Crippen molar-refractivity contribution in [1.29, 1.82) is 5.26 Å². The molecule has 0 amide bonds. The average molecular weight is 221 g/mol. The molecule has 1 saturated carbocycles. The van der Waals surface area contributed by atoms with Crippen molar-refractivity contribution in [3.8, 4) is 6.07 Å². The molecule has 1 aliphatic rings. The van der Waals surface area contributed by atoms with Crippen LogP contribution in [0.15, 0.2) is 6.20 Å². The summed E-state index contributed by atoms with van der Waals surface area (Å²) in [4.78, 5) is 5.69. The lowest BCUT2D eigenvalue weighted by Gasteiger charge is -2.07. The van der Waals surface area contributed by atoms with Crippen LogP contribution in [0.5, 0.6) is 0 Å². The second-order valence-corrected chi connectivity index (χ2v) is 5.23. The molecule has 0 bridgehead atoms. The number of hydrogen-bond acceptors (Lipinski definition) is 4. The van der Waals surface area contributed by atoms with Crippen LogP contribution in [0.4, 0.5) is 0 Å². The predicted octanol–water partition coefficient (Wildman–Crippen LogP) is 2.41. The van der Waals surface area contributed by atoms with Gasteiger partial charge in [-0.3, -0.25) is 0 Å². The normalized spacial score (nSPS) is 17.3. The van der Waals surface area contributed by atoms with E-state index in [1.54, 1.807) is 0 Å². The van der Waals surface area contributed by atoms with Crippen LogP contribution in [-0.4, -0.2) is 11.0 Å². The first kappa shape index (κ1) is 10.6. The molecule has 0 aliphatic heterocycles. The summed E-state index contributed by atoms with van der Waals surface area (Å²) in [6, 6.07) is 2.43. The van der Waals surface area contributed by atoms with E-state index in [-0.39, 0.29) is 6.04 Å². The maximum absolute atomic E-state index is 8.52. The number of nitriles is 1. The third kappa shape index (κ3) is 3.01. The molecule has 15 heavy (non-hydrogen) atoms. The van der Waals surface area contributed by atoms with Crippen molar-refractivity contribution in [2.24, 2.45) is 0 Å². The van der Waals surface area contributed by atoms with Crippen LogP contribution in [0, 0.1) is 11.3 Å². The summed E-state index contributed by atoms with van der Waals surface area (Å²) in [6.45, 7) is 2.87. The highest BCUT2D eigenvalue weighted by Crippen LogP contribution is 2.41. The summed E-state index contributed by atoms with van der Waals surface area (Å²) in [5, 5.41) is 13.1. The van der Waals surface area contributed by atoms with Gasteiger partial charge in [-0.05, 0) is 19.8 Å². The highest BCUT2D eigenvalue weighted by Gasteiger charge is 2.26. The summed E-state index contributed by atoms with van der Waals surface area (Å²) < 4.78 is 0. The zero-order valence-electron chi connectivity index (χ0n) is 8.86. The lowest BCUT2D eigenvalue weighted by molar-refractivity contribution is 0.560. The quantitative estimate of drug-likeness (QED) is 0.830. The minimum absolute atomic E-state index is 0.265. The topological polar surface area (TPSA) is 48.7 Å². The standard InChI is InChI=1S/C11H15N3S/c1-8(4-5-12)13-6-10-7-14-11(15-10)9-2-3-9/h7-9,13H,2-4,6H2,1H3. The molecular formula is C11H15N3S. The van der Waals surface area contributed by atoms with Crippen LogP contribution >= 0.6 is 11.3 Å². The molecule has 1 atom stereocenters. The zero-order chi connectivity index (χ0) is 10.7. The Morgan fingerprint density at radius 2 is 2.53 bits per heavy atom. The van der Waals surface area contributed by atoms with Gasteiger partial charge in [-0.15, -0.1) is 11.3 Å². The summed E-state index contributed by atoms with van der Waals surface area (Å²) in [7, 11) is 0. The fourth-order valence-corrected chi connectivity index (χ4v) is 2.44. The van der Waals surface area contributed by atoms with Crippen molar-refractivity contribution in [1.82, 2.24) is 10.3 Å². The summed E-state index contributed by atoms with van der Waals surface area (Å²) >= 11 is 1.81. The molecular weight excluding hydrogens is 206 g/mol. The number of nitrogens with one attached hydrogen (secondary N) is 1. The van der Waals surface area contributed by atoms with Crippen LogP contribution in [0.1, 0.15) is 42.0 Å². The number of aromatic nitrogens is 1. The van der Waals surface area contributed by atoms with Crippen molar-refractivity contribution in [3.05, 3.63) is 16.1 Å². The highest BCUT2D eigenvalue weighted by atomic mass is 32.1. The maximum atomic E-state index is 8.52. The lowest BCUT2D eigenvalue weighted by atomic mass is 10.2. The Bertz CT molecular complexity index is 362. The fourth-order valence-electron chi connectivity index (χ4n) is 1.41. The van der Waals surface area contributed by atoms with Crippen molar-refractivity contribution in [3.63, 3.8) is 0 Å². The lowest BCUT2D eigenvalue weighted by Crippen LogP contribution is -2.24. The smallest absolute Gasteiger partial charge is 0.0959 e. The number of hydrogen-bond donors (Lipinski definition) is 1. The molecule has 1 N–H and O–H groups in total. The van der Waals surface area contributed by atoms with Crippen molar-refractivity contribution in [2.45, 2.75) is 44.7 Å². The molecule has 3 nitrogen and oxygen atoms in total. The van der Waals surface area contributed by atoms with Gasteiger partial charge in [0.15, 0.2) is 0 Å². The van der Waals surface area contributed by atoms with Gasteiger partial charge in [0.05, 0.1) is 17.5 Å². The number of thiazole rings is 1. The predicted molar refractivity (Wildman–Crippen MR) is 60.6 cm³/mol. The third-order valence-electron chi connectivity index (χ3n) is 2.52. The van der Waals surface area contributed by atoms with Gasteiger partial charge >= 0.3 is 0 Å². The van der Waals surface area contributed by atoms with Crippen molar-refractivity contribution in [2.75, 3.05) is 0 Å². The maximum Gasteiger partial charge on any atom is 0.0959 e. The molecule has 1 aromatic heterocycles. The van der Waals surface area contributed by atoms with Crippen LogP contribution < -0.4 is 5.32 Å². The van der Waals surface area contributed by atoms with Gasteiger partial charge in [0.2, 0.25) is 0 Å². The van der Waals surface area contributed by atoms with E-state index >= 15 is 0 Å². The van der Waals surface area contributed by atoms with Gasteiger partial charge in [-0.2, -0.15) is 5.26 Å². The Balaban J connectivity index is 1.80. The van der Waals surface area contributed by atoms with Crippen LogP contribution in [0.2, 0.25) is 0 Å². The SMILES string of the molecule is CC(CC#N)NCc1cnc(C2CC2)s1. The third-order valence-corrected chi connectivity index (χ3v) is 3.68. The molecule has 1 aliphatic carbocycles. The summed E-state index contributed by atoms with van der Waals surface area (Å²) in [5.74, 6) is 0.750. The minimum atomic E-state index is 0.265. The van der Waals surface area contributed by atoms with Crippen molar-refractivity contribution >= 4 is 11.3 Å². The van der Waals surface area contributed by atoms with E-state index in [2.05, 4.69) is 16.4 Å². The summed E-state index contributed by atoms with van der Waals surface area (Å²) in [5.41, 5.74) is 0. The molecule has 2 rings (SSSR count). The van der Waals surface area contributed by atoms with Crippen LogP contribution in [-0.2, 0) is 6.54 Å². The molecule has 4 heteroatoms. The zero-order valence-corrected chi connectivity index (χ0v) is 9.68. The highest BCUT2D eigenvalue weighted by molar-refractivity contribution is 7.11. The van der Waals surface area contributed by atoms with Gasteiger partial charge in [0, 0.05) is 29.6 Å². The largest absolute Gasteiger partial charge is 0.308 e. The van der Waals surface area contributed by atoms with E-state index in [1.807, 2.05) is 24.5 Å². The molecule has 1 fully saturated rings. The van der Waals surface area contributed by atoms with Gasteiger partial charge < -0.3 is 5.32 Å². The Morgan fingerprint density at radius 3 is 3.20 bits per heavy atom. The fraction of sp³-hybridized carbons (Fsp3) is 0.636. The molecule has 80 valence electrons. The first-order valence-electron chi connectivity index (χ1n) is 5.34. The Hall–Kier alpha value is -0.920. The van der Waals surface area contributed by atoms with E-state index < -0.39 is 0 Å².